The molecule has 4 atom stereocenters. The summed E-state index contributed by atoms with van der Waals surface area (Å²) < 4.78 is 11.9. The summed E-state index contributed by atoms with van der Waals surface area (Å²) >= 11 is 0. The molecule has 4 heteroatoms. The van der Waals surface area contributed by atoms with Crippen LogP contribution in [0.25, 0.3) is 0 Å². The van der Waals surface area contributed by atoms with E-state index in [2.05, 4.69) is 52.0 Å². The molecule has 1 saturated heterocycles. The lowest BCUT2D eigenvalue weighted by Gasteiger charge is -2.27. The zero-order valence-corrected chi connectivity index (χ0v) is 28.2. The Bertz CT molecular complexity index is 712. The summed E-state index contributed by atoms with van der Waals surface area (Å²) in [6.45, 7) is 9.00. The predicted octanol–water partition coefficient (Wildman–Crippen LogP) is 11.6. The highest BCUT2D eigenvalue weighted by molar-refractivity contribution is 5.94. The monoisotopic (exact) mass is 589 g/mol. The highest BCUT2D eigenvalue weighted by atomic mass is 16.6. The first-order valence-corrected chi connectivity index (χ1v) is 18.3. The van der Waals surface area contributed by atoms with Gasteiger partial charge in [-0.15, -0.1) is 0 Å². The van der Waals surface area contributed by atoms with E-state index in [9.17, 15) is 9.59 Å². The molecule has 0 N–H and O–H groups in total. The molecule has 4 nitrogen and oxygen atoms in total. The number of hydrogen-bond acceptors (Lipinski definition) is 4. The van der Waals surface area contributed by atoms with E-state index in [1.807, 2.05) is 0 Å². The fourth-order valence-electron chi connectivity index (χ4n) is 6.04. The first-order valence-electron chi connectivity index (χ1n) is 18.3. The van der Waals surface area contributed by atoms with Crippen molar-refractivity contribution in [2.75, 3.05) is 0 Å². The zero-order valence-electron chi connectivity index (χ0n) is 28.2. The molecular formula is C38H68O4. The molecule has 42 heavy (non-hydrogen) atoms. The molecule has 1 heterocycles. The minimum absolute atomic E-state index is 0.0468. The van der Waals surface area contributed by atoms with Gasteiger partial charge in [-0.05, 0) is 63.7 Å². The van der Waals surface area contributed by atoms with Gasteiger partial charge >= 0.3 is 11.9 Å². The SMILES string of the molecule is CCCC/C=C/C(CCC(CCCCCCC)OC(CC/C=C/CCCCC)CCCCCCC)C1CC(=O)OC1=O. The molecule has 0 aromatic rings. The van der Waals surface area contributed by atoms with Crippen LogP contribution in [0.3, 0.4) is 0 Å². The lowest BCUT2D eigenvalue weighted by molar-refractivity contribution is -0.153. The highest BCUT2D eigenvalue weighted by Crippen LogP contribution is 2.31. The van der Waals surface area contributed by atoms with Crippen LogP contribution in [0.5, 0.6) is 0 Å². The second-order valence-electron chi connectivity index (χ2n) is 12.7. The Morgan fingerprint density at radius 2 is 1.17 bits per heavy atom. The minimum Gasteiger partial charge on any atom is -0.393 e. The summed E-state index contributed by atoms with van der Waals surface area (Å²) in [6.07, 6.45) is 37.3. The fourth-order valence-corrected chi connectivity index (χ4v) is 6.04. The second kappa shape index (κ2) is 27.2. The van der Waals surface area contributed by atoms with Crippen LogP contribution in [0.4, 0.5) is 0 Å². The Morgan fingerprint density at radius 1 is 0.619 bits per heavy atom. The number of hydrogen-bond donors (Lipinski definition) is 0. The molecule has 0 aliphatic carbocycles. The van der Waals surface area contributed by atoms with Gasteiger partial charge in [0, 0.05) is 0 Å². The van der Waals surface area contributed by atoms with Crippen molar-refractivity contribution in [3.05, 3.63) is 24.3 Å². The van der Waals surface area contributed by atoms with Crippen LogP contribution in [-0.2, 0) is 19.1 Å². The maximum Gasteiger partial charge on any atom is 0.317 e. The third kappa shape index (κ3) is 19.7. The van der Waals surface area contributed by atoms with E-state index in [1.54, 1.807) is 0 Å². The Balaban J connectivity index is 2.88. The molecule has 244 valence electrons. The number of unbranched alkanes of at least 4 members (excludes halogenated alkanes) is 13. The molecule has 1 aliphatic heterocycles. The van der Waals surface area contributed by atoms with Crippen LogP contribution >= 0.6 is 0 Å². The van der Waals surface area contributed by atoms with Crippen molar-refractivity contribution in [3.8, 4) is 0 Å². The average molecular weight is 589 g/mol. The molecule has 0 saturated carbocycles. The van der Waals surface area contributed by atoms with E-state index >= 15 is 0 Å². The molecule has 0 bridgehead atoms. The van der Waals surface area contributed by atoms with Crippen molar-refractivity contribution in [2.24, 2.45) is 11.8 Å². The molecule has 0 radical (unpaired) electrons. The lowest BCUT2D eigenvalue weighted by Crippen LogP contribution is -2.25. The standard InChI is InChI=1S/C38H68O4/c1-5-9-13-17-18-21-25-28-34(27-23-19-14-10-6-2)41-35(29-24-20-15-11-7-3)31-30-33(26-22-16-12-8-4)36-32-37(39)42-38(36)40/h18,21-22,26,33-36H,5-17,19-20,23-25,27-32H2,1-4H3/b21-18+,26-22+. The van der Waals surface area contributed by atoms with Gasteiger partial charge in [-0.3, -0.25) is 9.59 Å². The van der Waals surface area contributed by atoms with Crippen LogP contribution < -0.4 is 0 Å². The Kier molecular flexibility index (Phi) is 25.0. The number of allylic oxidation sites excluding steroid dienone is 4. The van der Waals surface area contributed by atoms with Gasteiger partial charge in [-0.2, -0.15) is 0 Å². The summed E-state index contributed by atoms with van der Waals surface area (Å²) in [4.78, 5) is 24.4. The molecule has 4 unspecified atom stereocenters. The van der Waals surface area contributed by atoms with E-state index in [-0.39, 0.29) is 36.3 Å². The molecule has 0 aromatic carbocycles. The third-order valence-corrected chi connectivity index (χ3v) is 8.79. The first-order chi connectivity index (χ1) is 20.5. The number of cyclic esters (lactones) is 2. The summed E-state index contributed by atoms with van der Waals surface area (Å²) in [5.74, 6) is -0.997. The maximum atomic E-state index is 12.5. The van der Waals surface area contributed by atoms with Gasteiger partial charge in [-0.1, -0.05) is 142 Å². The Morgan fingerprint density at radius 3 is 1.76 bits per heavy atom. The van der Waals surface area contributed by atoms with Crippen LogP contribution in [-0.4, -0.2) is 24.1 Å². The summed E-state index contributed by atoms with van der Waals surface area (Å²) in [7, 11) is 0. The topological polar surface area (TPSA) is 52.6 Å². The van der Waals surface area contributed by atoms with Crippen molar-refractivity contribution < 1.29 is 19.1 Å². The Hall–Kier alpha value is -1.42. The molecule has 1 rings (SSSR count). The normalized spacial score (nSPS) is 17.9. The van der Waals surface area contributed by atoms with Gasteiger partial charge in [-0.25, -0.2) is 0 Å². The number of rotatable bonds is 29. The molecule has 0 amide bonds. The number of carbonyl (C=O) groups is 2. The average Bonchev–Trinajstić information content (AvgIpc) is 3.32. The number of esters is 2. The van der Waals surface area contributed by atoms with Crippen molar-refractivity contribution in [1.29, 1.82) is 0 Å². The molecule has 0 aromatic heterocycles. The van der Waals surface area contributed by atoms with Gasteiger partial charge in [0.1, 0.15) is 0 Å². The zero-order chi connectivity index (χ0) is 30.7. The predicted molar refractivity (Wildman–Crippen MR) is 179 cm³/mol. The molecule has 1 aliphatic rings. The van der Waals surface area contributed by atoms with Gasteiger partial charge < -0.3 is 9.47 Å². The lowest BCUT2D eigenvalue weighted by atomic mass is 9.85. The Labute approximate surface area is 260 Å². The quantitative estimate of drug-likeness (QED) is 0.0377. The van der Waals surface area contributed by atoms with E-state index in [4.69, 9.17) is 9.47 Å². The summed E-state index contributed by atoms with van der Waals surface area (Å²) in [5.41, 5.74) is 0. The van der Waals surface area contributed by atoms with Crippen LogP contribution in [0.2, 0.25) is 0 Å². The van der Waals surface area contributed by atoms with E-state index in [0.717, 1.165) is 57.8 Å². The van der Waals surface area contributed by atoms with Crippen LogP contribution in [0.1, 0.15) is 182 Å². The largest absolute Gasteiger partial charge is 0.393 e. The summed E-state index contributed by atoms with van der Waals surface area (Å²) in [6, 6.07) is 0. The van der Waals surface area contributed by atoms with E-state index < -0.39 is 0 Å². The van der Waals surface area contributed by atoms with Crippen LogP contribution in [0.15, 0.2) is 24.3 Å². The van der Waals surface area contributed by atoms with Crippen molar-refractivity contribution in [2.45, 2.75) is 194 Å². The third-order valence-electron chi connectivity index (χ3n) is 8.79. The van der Waals surface area contributed by atoms with Gasteiger partial charge in [0.2, 0.25) is 0 Å². The van der Waals surface area contributed by atoms with Crippen molar-refractivity contribution in [3.63, 3.8) is 0 Å². The summed E-state index contributed by atoms with van der Waals surface area (Å²) in [5, 5.41) is 0. The highest BCUT2D eigenvalue weighted by Gasteiger charge is 2.38. The smallest absolute Gasteiger partial charge is 0.317 e. The maximum absolute atomic E-state index is 12.5. The van der Waals surface area contributed by atoms with Gasteiger partial charge in [0.15, 0.2) is 0 Å². The fraction of sp³-hybridized carbons (Fsp3) is 0.842. The number of carbonyl (C=O) groups excluding carboxylic acids is 2. The first kappa shape index (κ1) is 38.6. The van der Waals surface area contributed by atoms with Crippen molar-refractivity contribution in [1.82, 2.24) is 0 Å². The molecule has 0 spiro atoms. The molecular weight excluding hydrogens is 520 g/mol. The second-order valence-corrected chi connectivity index (χ2v) is 12.7. The van der Waals surface area contributed by atoms with E-state index in [1.165, 1.54) is 89.9 Å². The molecule has 1 fully saturated rings. The minimum atomic E-state index is -0.369. The van der Waals surface area contributed by atoms with Gasteiger partial charge in [0.05, 0.1) is 24.5 Å². The van der Waals surface area contributed by atoms with Crippen molar-refractivity contribution >= 4 is 11.9 Å². The van der Waals surface area contributed by atoms with Crippen LogP contribution in [0, 0.1) is 11.8 Å². The van der Waals surface area contributed by atoms with E-state index in [0.29, 0.717) is 6.10 Å². The van der Waals surface area contributed by atoms with Gasteiger partial charge in [0.25, 0.3) is 0 Å². The number of ether oxygens (including phenoxy) is 2.